The van der Waals surface area contributed by atoms with Crippen molar-refractivity contribution < 1.29 is 9.59 Å². The lowest BCUT2D eigenvalue weighted by Crippen LogP contribution is -2.54. The van der Waals surface area contributed by atoms with Gasteiger partial charge >= 0.3 is 0 Å². The van der Waals surface area contributed by atoms with Crippen LogP contribution in [0.5, 0.6) is 0 Å². The van der Waals surface area contributed by atoms with Crippen molar-refractivity contribution in [1.82, 2.24) is 9.88 Å². The Kier molecular flexibility index (Phi) is 4.07. The first-order chi connectivity index (χ1) is 11.4. The summed E-state index contributed by atoms with van der Waals surface area (Å²) in [6.07, 6.45) is 3.43. The Morgan fingerprint density at radius 1 is 1.17 bits per heavy atom. The Balaban J connectivity index is 2.08. The fourth-order valence-corrected chi connectivity index (χ4v) is 2.88. The van der Waals surface area contributed by atoms with E-state index >= 15 is 0 Å². The first-order valence-corrected chi connectivity index (χ1v) is 7.89. The molecular formula is C18H17N3O2S. The second-order valence-corrected chi connectivity index (χ2v) is 6.18. The van der Waals surface area contributed by atoms with E-state index in [-0.39, 0.29) is 10.7 Å². The maximum Gasteiger partial charge on any atom is 0.270 e. The molecule has 0 spiro atoms. The van der Waals surface area contributed by atoms with Crippen molar-refractivity contribution in [3.8, 4) is 0 Å². The van der Waals surface area contributed by atoms with Gasteiger partial charge in [-0.1, -0.05) is 12.1 Å². The van der Waals surface area contributed by atoms with Crippen LogP contribution in [-0.4, -0.2) is 21.5 Å². The molecule has 1 aromatic heterocycles. The van der Waals surface area contributed by atoms with Gasteiger partial charge in [-0.15, -0.1) is 0 Å². The maximum absolute atomic E-state index is 12.9. The van der Waals surface area contributed by atoms with Gasteiger partial charge in [-0.3, -0.25) is 19.8 Å². The molecule has 0 atom stereocenters. The van der Waals surface area contributed by atoms with Gasteiger partial charge in [0.1, 0.15) is 5.57 Å². The van der Waals surface area contributed by atoms with Gasteiger partial charge in [-0.05, 0) is 61.5 Å². The van der Waals surface area contributed by atoms with E-state index in [1.807, 2.05) is 62.0 Å². The molecule has 6 heteroatoms. The van der Waals surface area contributed by atoms with Crippen LogP contribution < -0.4 is 10.2 Å². The molecule has 0 radical (unpaired) electrons. The van der Waals surface area contributed by atoms with Crippen molar-refractivity contribution in [3.63, 3.8) is 0 Å². The summed E-state index contributed by atoms with van der Waals surface area (Å²) >= 11 is 5.23. The molecule has 1 fully saturated rings. The first kappa shape index (κ1) is 16.1. The summed E-state index contributed by atoms with van der Waals surface area (Å²) < 4.78 is 1.84. The molecule has 1 aromatic carbocycles. The van der Waals surface area contributed by atoms with Crippen molar-refractivity contribution in [2.75, 3.05) is 4.90 Å². The molecule has 3 rings (SSSR count). The Bertz CT molecular complexity index is 895. The monoisotopic (exact) mass is 339 g/mol. The Morgan fingerprint density at radius 3 is 2.58 bits per heavy atom. The molecule has 122 valence electrons. The van der Waals surface area contributed by atoms with E-state index < -0.39 is 11.8 Å². The molecule has 1 aliphatic heterocycles. The van der Waals surface area contributed by atoms with E-state index in [1.54, 1.807) is 6.08 Å². The summed E-state index contributed by atoms with van der Waals surface area (Å²) in [5, 5.41) is 2.71. The molecule has 1 aliphatic rings. The van der Waals surface area contributed by atoms with E-state index in [4.69, 9.17) is 12.2 Å². The van der Waals surface area contributed by atoms with Crippen LogP contribution in [0.2, 0.25) is 0 Å². The highest BCUT2D eigenvalue weighted by Gasteiger charge is 2.35. The van der Waals surface area contributed by atoms with Crippen LogP contribution in [0.1, 0.15) is 16.8 Å². The molecule has 1 saturated heterocycles. The van der Waals surface area contributed by atoms with Gasteiger partial charge in [0.05, 0.1) is 5.69 Å². The Morgan fingerprint density at radius 2 is 1.92 bits per heavy atom. The Labute approximate surface area is 145 Å². The predicted octanol–water partition coefficient (Wildman–Crippen LogP) is 2.47. The second-order valence-electron chi connectivity index (χ2n) is 5.79. The highest BCUT2D eigenvalue weighted by atomic mass is 32.1. The zero-order valence-corrected chi connectivity index (χ0v) is 14.5. The molecule has 1 N–H and O–H groups in total. The van der Waals surface area contributed by atoms with Crippen LogP contribution in [0.4, 0.5) is 5.69 Å². The number of anilines is 1. The van der Waals surface area contributed by atoms with Crippen LogP contribution in [0, 0.1) is 13.8 Å². The van der Waals surface area contributed by atoms with Gasteiger partial charge in [0.25, 0.3) is 11.8 Å². The number of nitrogens with zero attached hydrogens (tertiary/aromatic N) is 2. The number of carbonyl (C=O) groups excluding carboxylic acids is 2. The average molecular weight is 339 g/mol. The summed E-state index contributed by atoms with van der Waals surface area (Å²) in [5.74, 6) is -0.897. The number of aromatic nitrogens is 1. The van der Waals surface area contributed by atoms with Crippen LogP contribution in [0.15, 0.2) is 42.1 Å². The van der Waals surface area contributed by atoms with Crippen LogP contribution >= 0.6 is 12.2 Å². The number of nitrogens with one attached hydrogen (secondary N) is 1. The van der Waals surface area contributed by atoms with Crippen molar-refractivity contribution in [2.45, 2.75) is 13.8 Å². The summed E-state index contributed by atoms with van der Waals surface area (Å²) in [6.45, 7) is 3.85. The second kappa shape index (κ2) is 6.05. The minimum absolute atomic E-state index is 0.0614. The number of rotatable bonds is 2. The number of carbonyl (C=O) groups is 2. The summed E-state index contributed by atoms with van der Waals surface area (Å²) in [6, 6.07) is 9.47. The SMILES string of the molecule is Cc1ccc(C)c(N2C(=O)/C(=C/c3cccn3C)C(=O)NC2=S)c1. The Hall–Kier alpha value is -2.73. The van der Waals surface area contributed by atoms with Crippen molar-refractivity contribution in [3.05, 3.63) is 58.9 Å². The first-order valence-electron chi connectivity index (χ1n) is 7.48. The van der Waals surface area contributed by atoms with Crippen molar-refractivity contribution in [2.24, 2.45) is 7.05 Å². The van der Waals surface area contributed by atoms with E-state index in [0.29, 0.717) is 5.69 Å². The van der Waals surface area contributed by atoms with Crippen LogP contribution in [0.25, 0.3) is 6.08 Å². The molecule has 24 heavy (non-hydrogen) atoms. The van der Waals surface area contributed by atoms with Gasteiger partial charge < -0.3 is 4.57 Å². The van der Waals surface area contributed by atoms with Crippen LogP contribution in [-0.2, 0) is 16.6 Å². The largest absolute Gasteiger partial charge is 0.351 e. The summed E-state index contributed by atoms with van der Waals surface area (Å²) in [7, 11) is 1.85. The van der Waals surface area contributed by atoms with Crippen molar-refractivity contribution >= 4 is 40.9 Å². The predicted molar refractivity (Wildman–Crippen MR) is 97.5 cm³/mol. The molecule has 2 aromatic rings. The standard InChI is InChI=1S/C18H17N3O2S/c1-11-6-7-12(2)15(9-11)21-17(23)14(16(22)19-18(21)24)10-13-5-4-8-20(13)3/h4-10H,1-3H3,(H,19,22,24)/b14-10+. The maximum atomic E-state index is 12.9. The zero-order chi connectivity index (χ0) is 17.4. The third-order valence-corrected chi connectivity index (χ3v) is 4.27. The quantitative estimate of drug-likeness (QED) is 0.519. The van der Waals surface area contributed by atoms with E-state index in [0.717, 1.165) is 16.8 Å². The summed E-state index contributed by atoms with van der Waals surface area (Å²) in [4.78, 5) is 26.6. The average Bonchev–Trinajstić information content (AvgIpc) is 2.92. The van der Waals surface area contributed by atoms with Gasteiger partial charge in [-0.2, -0.15) is 0 Å². The molecular weight excluding hydrogens is 322 g/mol. The number of benzene rings is 1. The van der Waals surface area contributed by atoms with Gasteiger partial charge in [-0.25, -0.2) is 0 Å². The normalized spacial score (nSPS) is 16.7. The number of aryl methyl sites for hydroxylation is 3. The highest BCUT2D eigenvalue weighted by molar-refractivity contribution is 7.80. The fourth-order valence-electron chi connectivity index (χ4n) is 2.61. The lowest BCUT2D eigenvalue weighted by molar-refractivity contribution is -0.122. The van der Waals surface area contributed by atoms with E-state index in [2.05, 4.69) is 5.32 Å². The van der Waals surface area contributed by atoms with Crippen LogP contribution in [0.3, 0.4) is 0 Å². The van der Waals surface area contributed by atoms with E-state index in [9.17, 15) is 9.59 Å². The van der Waals surface area contributed by atoms with Gasteiger partial charge in [0.15, 0.2) is 5.11 Å². The third kappa shape index (κ3) is 2.76. The number of amides is 2. The van der Waals surface area contributed by atoms with Crippen molar-refractivity contribution in [1.29, 1.82) is 0 Å². The minimum Gasteiger partial charge on any atom is -0.351 e. The molecule has 0 bridgehead atoms. The third-order valence-electron chi connectivity index (χ3n) is 3.98. The topological polar surface area (TPSA) is 54.3 Å². The van der Waals surface area contributed by atoms with E-state index in [1.165, 1.54) is 4.90 Å². The minimum atomic E-state index is -0.479. The molecule has 0 aliphatic carbocycles. The smallest absolute Gasteiger partial charge is 0.270 e. The van der Waals surface area contributed by atoms with Gasteiger partial charge in [0.2, 0.25) is 0 Å². The van der Waals surface area contributed by atoms with Gasteiger partial charge in [0, 0.05) is 18.9 Å². The lowest BCUT2D eigenvalue weighted by atomic mass is 10.1. The fraction of sp³-hybridized carbons (Fsp3) is 0.167. The number of hydrogen-bond acceptors (Lipinski definition) is 3. The highest BCUT2D eigenvalue weighted by Crippen LogP contribution is 2.26. The number of thiocarbonyl (C=S) groups is 1. The lowest BCUT2D eigenvalue weighted by Gasteiger charge is -2.30. The molecule has 0 unspecified atom stereocenters. The summed E-state index contributed by atoms with van der Waals surface area (Å²) in [5.41, 5.74) is 3.43. The zero-order valence-electron chi connectivity index (χ0n) is 13.7. The molecule has 2 amide bonds. The molecule has 0 saturated carbocycles. The molecule has 5 nitrogen and oxygen atoms in total. The number of hydrogen-bond donors (Lipinski definition) is 1. The molecule has 2 heterocycles.